The van der Waals surface area contributed by atoms with Crippen molar-refractivity contribution in [3.05, 3.63) is 76.5 Å². The lowest BCUT2D eigenvalue weighted by molar-refractivity contribution is -0.254. The van der Waals surface area contributed by atoms with Crippen molar-refractivity contribution >= 4 is 50.8 Å². The Balaban J connectivity index is 1.68. The summed E-state index contributed by atoms with van der Waals surface area (Å²) in [7, 11) is 0. The van der Waals surface area contributed by atoms with Gasteiger partial charge in [-0.2, -0.15) is 0 Å². The largest absolute Gasteiger partial charge is 0.545 e. The Labute approximate surface area is 168 Å². The molecule has 0 aliphatic heterocycles. The lowest BCUT2D eigenvalue weighted by atomic mass is 10.2. The lowest BCUT2D eigenvalue weighted by Gasteiger charge is -2.13. The van der Waals surface area contributed by atoms with Crippen molar-refractivity contribution in [1.82, 2.24) is 5.32 Å². The fourth-order valence-electron chi connectivity index (χ4n) is 2.32. The first-order chi connectivity index (χ1) is 12.9. The van der Waals surface area contributed by atoms with E-state index in [9.17, 15) is 14.7 Å². The van der Waals surface area contributed by atoms with Crippen LogP contribution in [0.4, 0.5) is 5.69 Å². The van der Waals surface area contributed by atoms with Crippen molar-refractivity contribution in [1.29, 1.82) is 0 Å². The summed E-state index contributed by atoms with van der Waals surface area (Å²) in [6.45, 7) is 0. The Kier molecular flexibility index (Phi) is 5.68. The minimum atomic E-state index is -1.35. The molecule has 0 radical (unpaired) electrons. The number of benzene rings is 2. The minimum Gasteiger partial charge on any atom is -0.545 e. The summed E-state index contributed by atoms with van der Waals surface area (Å²) >= 11 is 8.43. The number of rotatable bonds is 4. The van der Waals surface area contributed by atoms with Gasteiger partial charge in [-0.25, -0.2) is 0 Å². The third-order valence-electron chi connectivity index (χ3n) is 3.58. The van der Waals surface area contributed by atoms with Gasteiger partial charge in [0.05, 0.1) is 5.97 Å². The summed E-state index contributed by atoms with van der Waals surface area (Å²) < 4.78 is 6.50. The maximum atomic E-state index is 12.3. The van der Waals surface area contributed by atoms with Crippen molar-refractivity contribution < 1.29 is 19.1 Å². The molecule has 1 heterocycles. The van der Waals surface area contributed by atoms with E-state index in [1.807, 2.05) is 24.3 Å². The first-order valence-corrected chi connectivity index (χ1v) is 8.92. The SMILES string of the molecule is O=C(NC(=S)Nc1ccccc1C(=O)[O-])c1ccc(-c2ccc(Br)cc2)o1. The van der Waals surface area contributed by atoms with Crippen LogP contribution in [0.1, 0.15) is 20.9 Å². The summed E-state index contributed by atoms with van der Waals surface area (Å²) in [5.41, 5.74) is 0.975. The summed E-state index contributed by atoms with van der Waals surface area (Å²) in [6, 6.07) is 16.7. The van der Waals surface area contributed by atoms with E-state index in [1.54, 1.807) is 18.2 Å². The molecule has 1 amide bonds. The van der Waals surface area contributed by atoms with E-state index in [2.05, 4.69) is 26.6 Å². The standard InChI is InChI=1S/C19H13BrN2O4S/c20-12-7-5-11(6-8-12)15-9-10-16(26-15)17(23)22-19(27)21-14-4-2-1-3-13(14)18(24)25/h1-10H,(H,24,25)(H2,21,22,23,27)/p-1. The maximum Gasteiger partial charge on any atom is 0.293 e. The minimum absolute atomic E-state index is 0.0599. The molecule has 0 spiro atoms. The van der Waals surface area contributed by atoms with Crippen LogP contribution >= 0.6 is 28.1 Å². The van der Waals surface area contributed by atoms with Crippen molar-refractivity contribution in [2.75, 3.05) is 5.32 Å². The highest BCUT2D eigenvalue weighted by Gasteiger charge is 2.14. The number of aromatic carboxylic acids is 1. The molecule has 0 saturated carbocycles. The molecule has 136 valence electrons. The van der Waals surface area contributed by atoms with Crippen LogP contribution in [0.25, 0.3) is 11.3 Å². The van der Waals surface area contributed by atoms with Gasteiger partial charge in [0, 0.05) is 21.3 Å². The fraction of sp³-hybridized carbons (Fsp3) is 0. The van der Waals surface area contributed by atoms with Gasteiger partial charge < -0.3 is 19.6 Å². The van der Waals surface area contributed by atoms with Crippen molar-refractivity contribution in [2.24, 2.45) is 0 Å². The van der Waals surface area contributed by atoms with Gasteiger partial charge in [0.25, 0.3) is 5.91 Å². The highest BCUT2D eigenvalue weighted by atomic mass is 79.9. The summed E-state index contributed by atoms with van der Waals surface area (Å²) in [5, 5.41) is 16.2. The van der Waals surface area contributed by atoms with Gasteiger partial charge >= 0.3 is 0 Å². The molecule has 0 unspecified atom stereocenters. The van der Waals surface area contributed by atoms with Gasteiger partial charge in [0.1, 0.15) is 5.76 Å². The average molecular weight is 444 g/mol. The normalized spacial score (nSPS) is 10.3. The maximum absolute atomic E-state index is 12.3. The van der Waals surface area contributed by atoms with Gasteiger partial charge in [-0.1, -0.05) is 46.3 Å². The van der Waals surface area contributed by atoms with E-state index in [-0.39, 0.29) is 22.1 Å². The summed E-state index contributed by atoms with van der Waals surface area (Å²) in [4.78, 5) is 23.4. The second kappa shape index (κ2) is 8.15. The number of hydrogen-bond donors (Lipinski definition) is 2. The zero-order chi connectivity index (χ0) is 19.4. The van der Waals surface area contributed by atoms with Gasteiger partial charge in [-0.15, -0.1) is 0 Å². The fourth-order valence-corrected chi connectivity index (χ4v) is 2.78. The van der Waals surface area contributed by atoms with Crippen LogP contribution in [0.15, 0.2) is 69.6 Å². The third kappa shape index (κ3) is 4.60. The van der Waals surface area contributed by atoms with Crippen LogP contribution < -0.4 is 15.7 Å². The predicted octanol–water partition coefficient (Wildman–Crippen LogP) is 3.20. The number of hydrogen-bond acceptors (Lipinski definition) is 5. The molecular formula is C19H12BrN2O4S-. The number of carbonyl (C=O) groups is 2. The summed E-state index contributed by atoms with van der Waals surface area (Å²) in [6.07, 6.45) is 0. The molecule has 3 rings (SSSR count). The van der Waals surface area contributed by atoms with Crippen LogP contribution in [-0.4, -0.2) is 17.0 Å². The molecule has 0 atom stereocenters. The van der Waals surface area contributed by atoms with E-state index in [4.69, 9.17) is 16.6 Å². The Bertz CT molecular complexity index is 1010. The van der Waals surface area contributed by atoms with E-state index < -0.39 is 11.9 Å². The highest BCUT2D eigenvalue weighted by molar-refractivity contribution is 9.10. The number of carboxylic acid groups (broad SMARTS) is 1. The Morgan fingerprint density at radius 3 is 2.41 bits per heavy atom. The monoisotopic (exact) mass is 443 g/mol. The van der Waals surface area contributed by atoms with E-state index >= 15 is 0 Å². The molecule has 3 aromatic rings. The Morgan fingerprint density at radius 2 is 1.70 bits per heavy atom. The van der Waals surface area contributed by atoms with Crippen molar-refractivity contribution in [3.8, 4) is 11.3 Å². The topological polar surface area (TPSA) is 94.4 Å². The molecule has 1 aromatic heterocycles. The molecule has 0 aliphatic rings. The van der Waals surface area contributed by atoms with Gasteiger partial charge in [-0.05, 0) is 42.5 Å². The molecule has 8 heteroatoms. The van der Waals surface area contributed by atoms with Crippen molar-refractivity contribution in [2.45, 2.75) is 0 Å². The Hall–Kier alpha value is -2.97. The number of anilines is 1. The van der Waals surface area contributed by atoms with E-state index in [0.29, 0.717) is 5.76 Å². The highest BCUT2D eigenvalue weighted by Crippen LogP contribution is 2.24. The number of amides is 1. The molecule has 6 nitrogen and oxygen atoms in total. The van der Waals surface area contributed by atoms with Crippen LogP contribution in [0.3, 0.4) is 0 Å². The van der Waals surface area contributed by atoms with Gasteiger partial charge in [0.2, 0.25) is 0 Å². The van der Waals surface area contributed by atoms with Crippen LogP contribution in [0.2, 0.25) is 0 Å². The molecule has 2 N–H and O–H groups in total. The second-order valence-corrected chi connectivity index (χ2v) is 6.74. The molecule has 27 heavy (non-hydrogen) atoms. The van der Waals surface area contributed by atoms with Gasteiger partial charge in [0.15, 0.2) is 10.9 Å². The smallest absolute Gasteiger partial charge is 0.293 e. The van der Waals surface area contributed by atoms with Crippen LogP contribution in [0, 0.1) is 0 Å². The molecule has 0 fully saturated rings. The van der Waals surface area contributed by atoms with E-state index in [0.717, 1.165) is 10.0 Å². The molecule has 0 aliphatic carbocycles. The van der Waals surface area contributed by atoms with Crippen molar-refractivity contribution in [3.63, 3.8) is 0 Å². The van der Waals surface area contributed by atoms with Crippen LogP contribution in [-0.2, 0) is 0 Å². The molecule has 2 aromatic carbocycles. The zero-order valence-corrected chi connectivity index (χ0v) is 16.1. The number of nitrogens with one attached hydrogen (secondary N) is 2. The van der Waals surface area contributed by atoms with Gasteiger partial charge in [-0.3, -0.25) is 10.1 Å². The predicted molar refractivity (Wildman–Crippen MR) is 106 cm³/mol. The summed E-state index contributed by atoms with van der Waals surface area (Å²) in [5.74, 6) is -1.29. The molecular weight excluding hydrogens is 432 g/mol. The number of carbonyl (C=O) groups excluding carboxylic acids is 2. The number of thiocarbonyl (C=S) groups is 1. The quantitative estimate of drug-likeness (QED) is 0.601. The molecule has 0 bridgehead atoms. The first kappa shape index (κ1) is 18.8. The molecule has 0 saturated heterocycles. The zero-order valence-electron chi connectivity index (χ0n) is 13.7. The lowest BCUT2D eigenvalue weighted by Crippen LogP contribution is -2.35. The third-order valence-corrected chi connectivity index (χ3v) is 4.31. The van der Waals surface area contributed by atoms with Crippen LogP contribution in [0.5, 0.6) is 0 Å². The average Bonchev–Trinajstić information content (AvgIpc) is 3.13. The van der Waals surface area contributed by atoms with E-state index in [1.165, 1.54) is 18.2 Å². The Morgan fingerprint density at radius 1 is 1.00 bits per heavy atom. The second-order valence-electron chi connectivity index (χ2n) is 5.41. The number of carboxylic acids is 1. The number of para-hydroxylation sites is 1. The first-order valence-electron chi connectivity index (χ1n) is 7.72. The number of halogens is 1. The number of furan rings is 1.